The number of benzene rings is 1. The first-order valence-electron chi connectivity index (χ1n) is 9.96. The van der Waals surface area contributed by atoms with Gasteiger partial charge in [0.15, 0.2) is 5.54 Å². The molecule has 3 rings (SSSR count). The van der Waals surface area contributed by atoms with Gasteiger partial charge in [0.2, 0.25) is 10.0 Å². The molecule has 1 N–H and O–H groups in total. The van der Waals surface area contributed by atoms with Gasteiger partial charge in [0.1, 0.15) is 0 Å². The van der Waals surface area contributed by atoms with Crippen LogP contribution in [0.3, 0.4) is 0 Å². The summed E-state index contributed by atoms with van der Waals surface area (Å²) in [5.41, 5.74) is -4.17. The highest BCUT2D eigenvalue weighted by Crippen LogP contribution is 2.41. The molecule has 14 heteroatoms. The highest BCUT2D eigenvalue weighted by Gasteiger charge is 2.41. The molecule has 1 unspecified atom stereocenters. The molecule has 1 heterocycles. The smallest absolute Gasteiger partial charge is 0.416 e. The predicted molar refractivity (Wildman–Crippen MR) is 106 cm³/mol. The highest BCUT2D eigenvalue weighted by molar-refractivity contribution is 7.89. The van der Waals surface area contributed by atoms with Gasteiger partial charge in [-0.3, -0.25) is 4.68 Å². The summed E-state index contributed by atoms with van der Waals surface area (Å²) in [6.07, 6.45) is -8.14. The molecule has 1 aromatic carbocycles. The number of carboxylic acids is 1. The number of alkyl halides is 6. The molecule has 0 amide bonds. The second kappa shape index (κ2) is 8.26. The Bertz CT molecular complexity index is 1190. The van der Waals surface area contributed by atoms with Crippen LogP contribution in [0, 0.1) is 0 Å². The lowest BCUT2D eigenvalue weighted by atomic mass is 9.92. The molecule has 1 aromatic heterocycles. The van der Waals surface area contributed by atoms with Crippen molar-refractivity contribution in [2.45, 2.75) is 61.9 Å². The largest absolute Gasteiger partial charge is 0.479 e. The van der Waals surface area contributed by atoms with Crippen molar-refractivity contribution in [3.63, 3.8) is 0 Å². The third-order valence-electron chi connectivity index (χ3n) is 5.88. The molecular formula is C20H21F6N3O4S. The van der Waals surface area contributed by atoms with E-state index in [4.69, 9.17) is 0 Å². The van der Waals surface area contributed by atoms with Crippen molar-refractivity contribution in [2.75, 3.05) is 7.05 Å². The van der Waals surface area contributed by atoms with E-state index < -0.39 is 55.9 Å². The SMILES string of the molecule is CN(C1CCCc2c1cnn2C(C)(C)C(=O)O)S(=O)(=O)c1cc(C(F)(F)F)cc(C(F)(F)F)c1. The summed E-state index contributed by atoms with van der Waals surface area (Å²) in [6, 6.07) is -0.768. The lowest BCUT2D eigenvalue weighted by Crippen LogP contribution is -2.39. The van der Waals surface area contributed by atoms with E-state index in [1.807, 2.05) is 0 Å². The van der Waals surface area contributed by atoms with Gasteiger partial charge >= 0.3 is 18.3 Å². The minimum absolute atomic E-state index is 0.143. The summed E-state index contributed by atoms with van der Waals surface area (Å²) in [5, 5.41) is 13.6. The quantitative estimate of drug-likeness (QED) is 0.597. The second-order valence-electron chi connectivity index (χ2n) is 8.49. The maximum absolute atomic E-state index is 13.2. The van der Waals surface area contributed by atoms with Crippen LogP contribution in [0.2, 0.25) is 0 Å². The fraction of sp³-hybridized carbons (Fsp3) is 0.500. The van der Waals surface area contributed by atoms with Crippen LogP contribution < -0.4 is 0 Å². The Hall–Kier alpha value is -2.61. The predicted octanol–water partition coefficient (Wildman–Crippen LogP) is 4.44. The molecule has 1 aliphatic carbocycles. The first-order chi connectivity index (χ1) is 15.4. The number of hydrogen-bond donors (Lipinski definition) is 1. The molecule has 0 radical (unpaired) electrons. The average molecular weight is 513 g/mol. The fourth-order valence-corrected chi connectivity index (χ4v) is 5.33. The molecule has 2 aromatic rings. The van der Waals surface area contributed by atoms with Crippen LogP contribution in [0.5, 0.6) is 0 Å². The van der Waals surface area contributed by atoms with E-state index in [-0.39, 0.29) is 24.6 Å². The molecule has 7 nitrogen and oxygen atoms in total. The number of aliphatic carboxylic acids is 1. The van der Waals surface area contributed by atoms with E-state index in [2.05, 4.69) is 5.10 Å². The summed E-state index contributed by atoms with van der Waals surface area (Å²) >= 11 is 0. The van der Waals surface area contributed by atoms with E-state index >= 15 is 0 Å². The third-order valence-corrected chi connectivity index (χ3v) is 7.73. The van der Waals surface area contributed by atoms with Crippen molar-refractivity contribution >= 4 is 16.0 Å². The summed E-state index contributed by atoms with van der Waals surface area (Å²) in [4.78, 5) is 10.5. The van der Waals surface area contributed by atoms with E-state index in [9.17, 15) is 44.7 Å². The Balaban J connectivity index is 2.10. The number of carboxylic acid groups (broad SMARTS) is 1. The topological polar surface area (TPSA) is 92.5 Å². The standard InChI is InChI=1S/C20H21F6N3O4S/c1-18(2,17(30)31)29-16-6-4-5-15(14(16)10-27-29)28(3)34(32,33)13-8-11(19(21,22)23)7-12(9-13)20(24,25)26/h7-10,15H,4-6H2,1-3H3,(H,30,31). The molecular weight excluding hydrogens is 492 g/mol. The van der Waals surface area contributed by atoms with E-state index in [0.717, 1.165) is 7.05 Å². The first-order valence-corrected chi connectivity index (χ1v) is 11.4. The molecule has 0 saturated heterocycles. The molecule has 0 bridgehead atoms. The van der Waals surface area contributed by atoms with Crippen LogP contribution in [-0.4, -0.2) is 40.6 Å². The number of halogens is 6. The molecule has 1 aliphatic rings. The Kier molecular flexibility index (Phi) is 6.31. The summed E-state index contributed by atoms with van der Waals surface area (Å²) < 4.78 is 108. The van der Waals surface area contributed by atoms with E-state index in [1.54, 1.807) is 0 Å². The maximum atomic E-state index is 13.2. The molecule has 0 aliphatic heterocycles. The fourth-order valence-electron chi connectivity index (χ4n) is 3.89. The van der Waals surface area contributed by atoms with Gasteiger partial charge in [0, 0.05) is 18.3 Å². The monoisotopic (exact) mass is 513 g/mol. The van der Waals surface area contributed by atoms with Crippen molar-refractivity contribution in [3.8, 4) is 0 Å². The van der Waals surface area contributed by atoms with Crippen molar-refractivity contribution in [1.82, 2.24) is 14.1 Å². The molecule has 0 saturated carbocycles. The van der Waals surface area contributed by atoms with Crippen LogP contribution in [-0.2, 0) is 39.1 Å². The zero-order valence-corrected chi connectivity index (χ0v) is 19.0. The molecule has 0 spiro atoms. The van der Waals surface area contributed by atoms with Crippen LogP contribution in [0.15, 0.2) is 29.3 Å². The lowest BCUT2D eigenvalue weighted by molar-refractivity contribution is -0.146. The van der Waals surface area contributed by atoms with Crippen molar-refractivity contribution in [1.29, 1.82) is 0 Å². The number of carbonyl (C=O) groups is 1. The van der Waals surface area contributed by atoms with Gasteiger partial charge in [-0.1, -0.05) is 0 Å². The van der Waals surface area contributed by atoms with E-state index in [0.29, 0.717) is 28.4 Å². The van der Waals surface area contributed by atoms with Gasteiger partial charge in [0.05, 0.1) is 28.3 Å². The van der Waals surface area contributed by atoms with Crippen molar-refractivity contribution < 1.29 is 44.7 Å². The maximum Gasteiger partial charge on any atom is 0.416 e. The Labute approximate surface area is 191 Å². The van der Waals surface area contributed by atoms with Crippen LogP contribution >= 0.6 is 0 Å². The minimum atomic E-state index is -5.20. The summed E-state index contributed by atoms with van der Waals surface area (Å²) in [5.74, 6) is -1.19. The zero-order chi connectivity index (χ0) is 25.9. The minimum Gasteiger partial charge on any atom is -0.479 e. The van der Waals surface area contributed by atoms with Gasteiger partial charge < -0.3 is 5.11 Å². The van der Waals surface area contributed by atoms with Gasteiger partial charge in [-0.15, -0.1) is 0 Å². The summed E-state index contributed by atoms with van der Waals surface area (Å²) in [6.45, 7) is 2.79. The second-order valence-corrected chi connectivity index (χ2v) is 10.5. The molecule has 0 fully saturated rings. The summed E-state index contributed by atoms with van der Waals surface area (Å²) in [7, 11) is -3.75. The first kappa shape index (κ1) is 26.0. The van der Waals surface area contributed by atoms with Crippen LogP contribution in [0.1, 0.15) is 55.1 Å². The number of rotatable bonds is 5. The normalized spacial score (nSPS) is 17.6. The highest BCUT2D eigenvalue weighted by atomic mass is 32.2. The number of hydrogen-bond acceptors (Lipinski definition) is 4. The van der Waals surface area contributed by atoms with Gasteiger partial charge in [0.25, 0.3) is 0 Å². The van der Waals surface area contributed by atoms with Gasteiger partial charge in [-0.2, -0.15) is 35.7 Å². The Morgan fingerprint density at radius 1 is 1.09 bits per heavy atom. The Morgan fingerprint density at radius 2 is 1.62 bits per heavy atom. The van der Waals surface area contributed by atoms with E-state index in [1.165, 1.54) is 24.7 Å². The molecule has 34 heavy (non-hydrogen) atoms. The Morgan fingerprint density at radius 3 is 2.09 bits per heavy atom. The number of sulfonamides is 1. The lowest BCUT2D eigenvalue weighted by Gasteiger charge is -2.32. The van der Waals surface area contributed by atoms with Crippen molar-refractivity contribution in [2.24, 2.45) is 0 Å². The van der Waals surface area contributed by atoms with Gasteiger partial charge in [-0.25, -0.2) is 13.2 Å². The third kappa shape index (κ3) is 4.52. The molecule has 1 atom stereocenters. The van der Waals surface area contributed by atoms with Crippen molar-refractivity contribution in [3.05, 3.63) is 46.8 Å². The molecule has 188 valence electrons. The number of nitrogens with zero attached hydrogens (tertiary/aromatic N) is 3. The zero-order valence-electron chi connectivity index (χ0n) is 18.2. The van der Waals surface area contributed by atoms with Crippen LogP contribution in [0.4, 0.5) is 26.3 Å². The number of aromatic nitrogens is 2. The van der Waals surface area contributed by atoms with Gasteiger partial charge in [-0.05, 0) is 51.3 Å². The average Bonchev–Trinajstić information content (AvgIpc) is 3.16. The number of fused-ring (bicyclic) bond motifs is 1. The van der Waals surface area contributed by atoms with Crippen LogP contribution in [0.25, 0.3) is 0 Å².